The lowest BCUT2D eigenvalue weighted by atomic mass is 10.3. The standard InChI is InChI=1S/C8H9NO2.C7H4ClNO2/c1-6(10)9-7-2-4-8(11)5-3-7;8-4-1-2-6-5(3-4)9-7(10)11-6/h2-5,11H,1H3,(H,9,10);1-3H,(H,9,10). The highest BCUT2D eigenvalue weighted by atomic mass is 35.5. The molecule has 0 spiro atoms. The summed E-state index contributed by atoms with van der Waals surface area (Å²) in [4.78, 5) is 23.7. The molecule has 0 bridgehead atoms. The van der Waals surface area contributed by atoms with Gasteiger partial charge >= 0.3 is 5.76 Å². The van der Waals surface area contributed by atoms with Gasteiger partial charge in [0.1, 0.15) is 5.75 Å². The van der Waals surface area contributed by atoms with Crippen molar-refractivity contribution in [3.63, 3.8) is 0 Å². The Morgan fingerprint density at radius 1 is 1.23 bits per heavy atom. The Hall–Kier alpha value is -2.73. The molecule has 1 heterocycles. The van der Waals surface area contributed by atoms with Crippen LogP contribution in [0.1, 0.15) is 6.92 Å². The molecule has 0 aliphatic carbocycles. The second-order valence-electron chi connectivity index (χ2n) is 4.38. The Kier molecular flexibility index (Phi) is 4.85. The van der Waals surface area contributed by atoms with Crippen molar-refractivity contribution in [2.75, 3.05) is 5.32 Å². The highest BCUT2D eigenvalue weighted by Crippen LogP contribution is 2.15. The summed E-state index contributed by atoms with van der Waals surface area (Å²) in [6, 6.07) is 11.3. The summed E-state index contributed by atoms with van der Waals surface area (Å²) in [5, 5.41) is 12.0. The van der Waals surface area contributed by atoms with Crippen LogP contribution in [0, 0.1) is 0 Å². The molecule has 3 rings (SSSR count). The summed E-state index contributed by atoms with van der Waals surface area (Å²) in [5.74, 6) is -0.378. The van der Waals surface area contributed by atoms with Crippen LogP contribution in [0.25, 0.3) is 11.1 Å². The summed E-state index contributed by atoms with van der Waals surface area (Å²) >= 11 is 5.66. The van der Waals surface area contributed by atoms with Gasteiger partial charge in [-0.05, 0) is 42.5 Å². The largest absolute Gasteiger partial charge is 0.508 e. The zero-order valence-corrected chi connectivity index (χ0v) is 12.3. The number of aromatic amines is 1. The van der Waals surface area contributed by atoms with Crippen molar-refractivity contribution in [3.05, 3.63) is 58.0 Å². The Balaban J connectivity index is 0.000000160. The van der Waals surface area contributed by atoms with Gasteiger partial charge in [-0.3, -0.25) is 9.78 Å². The Morgan fingerprint density at radius 3 is 2.55 bits per heavy atom. The van der Waals surface area contributed by atoms with Crippen molar-refractivity contribution in [1.29, 1.82) is 0 Å². The molecule has 0 saturated carbocycles. The zero-order valence-electron chi connectivity index (χ0n) is 11.6. The number of carbonyl (C=O) groups excluding carboxylic acids is 1. The monoisotopic (exact) mass is 320 g/mol. The number of phenolic OH excluding ortho intramolecular Hbond substituents is 1. The van der Waals surface area contributed by atoms with E-state index < -0.39 is 5.76 Å². The van der Waals surface area contributed by atoms with Gasteiger partial charge < -0.3 is 14.8 Å². The summed E-state index contributed by atoms with van der Waals surface area (Å²) in [5.41, 5.74) is 1.84. The molecular formula is C15H13ClN2O4. The van der Waals surface area contributed by atoms with Crippen LogP contribution in [-0.2, 0) is 4.79 Å². The molecule has 0 unspecified atom stereocenters. The van der Waals surface area contributed by atoms with E-state index in [1.165, 1.54) is 19.1 Å². The highest BCUT2D eigenvalue weighted by Gasteiger charge is 1.99. The van der Waals surface area contributed by atoms with Crippen molar-refractivity contribution in [3.8, 4) is 5.75 Å². The summed E-state index contributed by atoms with van der Waals surface area (Å²) in [6.45, 7) is 1.44. The molecule has 7 heteroatoms. The molecule has 0 aliphatic heterocycles. The number of amides is 1. The van der Waals surface area contributed by atoms with Gasteiger partial charge in [-0.15, -0.1) is 0 Å². The maximum atomic E-state index is 10.6. The van der Waals surface area contributed by atoms with E-state index in [-0.39, 0.29) is 11.7 Å². The van der Waals surface area contributed by atoms with Gasteiger partial charge in [0, 0.05) is 17.6 Å². The number of anilines is 1. The number of oxazole rings is 1. The van der Waals surface area contributed by atoms with Gasteiger partial charge in [-0.1, -0.05) is 11.6 Å². The Bertz CT molecular complexity index is 837. The average Bonchev–Trinajstić information content (AvgIpc) is 2.81. The molecule has 0 saturated heterocycles. The van der Waals surface area contributed by atoms with Gasteiger partial charge in [0.05, 0.1) is 5.52 Å². The quantitative estimate of drug-likeness (QED) is 0.600. The van der Waals surface area contributed by atoms with Crippen LogP contribution >= 0.6 is 11.6 Å². The third kappa shape index (κ3) is 4.39. The molecule has 0 radical (unpaired) electrons. The second-order valence-corrected chi connectivity index (χ2v) is 4.82. The van der Waals surface area contributed by atoms with E-state index in [1.54, 1.807) is 30.3 Å². The summed E-state index contributed by atoms with van der Waals surface area (Å²) in [7, 11) is 0. The number of fused-ring (bicyclic) bond motifs is 1. The van der Waals surface area contributed by atoms with E-state index in [4.69, 9.17) is 21.1 Å². The summed E-state index contributed by atoms with van der Waals surface area (Å²) < 4.78 is 4.75. The number of phenols is 1. The molecule has 6 nitrogen and oxygen atoms in total. The molecule has 0 atom stereocenters. The second kappa shape index (κ2) is 6.82. The van der Waals surface area contributed by atoms with E-state index in [0.29, 0.717) is 21.8 Å². The number of benzene rings is 2. The van der Waals surface area contributed by atoms with Crippen LogP contribution in [-0.4, -0.2) is 16.0 Å². The predicted octanol–water partition coefficient (Wildman–Crippen LogP) is 3.13. The first-order chi connectivity index (χ1) is 10.4. The average molecular weight is 321 g/mol. The lowest BCUT2D eigenvalue weighted by Crippen LogP contribution is -2.04. The third-order valence-electron chi connectivity index (χ3n) is 2.57. The van der Waals surface area contributed by atoms with E-state index in [9.17, 15) is 9.59 Å². The number of aromatic nitrogens is 1. The van der Waals surface area contributed by atoms with Crippen LogP contribution in [0.15, 0.2) is 51.7 Å². The Labute approximate surface area is 130 Å². The molecular weight excluding hydrogens is 308 g/mol. The van der Waals surface area contributed by atoms with Crippen molar-refractivity contribution in [2.24, 2.45) is 0 Å². The van der Waals surface area contributed by atoms with Crippen LogP contribution in [0.3, 0.4) is 0 Å². The normalized spacial score (nSPS) is 9.91. The number of carbonyl (C=O) groups is 1. The molecule has 2 aromatic carbocycles. The molecule has 1 amide bonds. The fraction of sp³-hybridized carbons (Fsp3) is 0.0667. The van der Waals surface area contributed by atoms with Crippen molar-refractivity contribution < 1.29 is 14.3 Å². The first kappa shape index (κ1) is 15.7. The van der Waals surface area contributed by atoms with Crippen LogP contribution in [0.4, 0.5) is 5.69 Å². The highest BCUT2D eigenvalue weighted by molar-refractivity contribution is 6.31. The maximum Gasteiger partial charge on any atom is 0.417 e. The third-order valence-corrected chi connectivity index (χ3v) is 2.80. The van der Waals surface area contributed by atoms with E-state index in [1.807, 2.05) is 0 Å². The van der Waals surface area contributed by atoms with Crippen LogP contribution < -0.4 is 11.1 Å². The minimum absolute atomic E-state index is 0.115. The van der Waals surface area contributed by atoms with Gasteiger partial charge in [-0.25, -0.2) is 4.79 Å². The minimum atomic E-state index is -0.456. The zero-order chi connectivity index (χ0) is 16.1. The predicted molar refractivity (Wildman–Crippen MR) is 84.3 cm³/mol. The van der Waals surface area contributed by atoms with Gasteiger partial charge in [-0.2, -0.15) is 0 Å². The smallest absolute Gasteiger partial charge is 0.417 e. The van der Waals surface area contributed by atoms with Crippen molar-refractivity contribution >= 4 is 34.3 Å². The van der Waals surface area contributed by atoms with E-state index >= 15 is 0 Å². The van der Waals surface area contributed by atoms with Crippen molar-refractivity contribution in [2.45, 2.75) is 6.92 Å². The molecule has 0 aliphatic rings. The molecule has 1 aromatic heterocycles. The first-order valence-corrected chi connectivity index (χ1v) is 6.67. The first-order valence-electron chi connectivity index (χ1n) is 6.29. The lowest BCUT2D eigenvalue weighted by Gasteiger charge is -1.99. The molecule has 0 fully saturated rings. The minimum Gasteiger partial charge on any atom is -0.508 e. The fourth-order valence-corrected chi connectivity index (χ4v) is 1.84. The molecule has 22 heavy (non-hydrogen) atoms. The number of rotatable bonds is 1. The van der Waals surface area contributed by atoms with Gasteiger partial charge in [0.2, 0.25) is 5.91 Å². The Morgan fingerprint density at radius 2 is 1.91 bits per heavy atom. The van der Waals surface area contributed by atoms with E-state index in [2.05, 4.69) is 10.3 Å². The molecule has 3 aromatic rings. The molecule has 3 N–H and O–H groups in total. The SMILES string of the molecule is CC(=O)Nc1ccc(O)cc1.O=c1[nH]c2cc(Cl)ccc2o1. The topological polar surface area (TPSA) is 95.3 Å². The number of H-pyrrole nitrogens is 1. The summed E-state index contributed by atoms with van der Waals surface area (Å²) in [6.07, 6.45) is 0. The number of nitrogens with one attached hydrogen (secondary N) is 2. The fourth-order valence-electron chi connectivity index (χ4n) is 1.67. The van der Waals surface area contributed by atoms with E-state index in [0.717, 1.165) is 0 Å². The van der Waals surface area contributed by atoms with Crippen LogP contribution in [0.5, 0.6) is 5.75 Å². The maximum absolute atomic E-state index is 10.6. The molecule has 114 valence electrons. The van der Waals surface area contributed by atoms with Gasteiger partial charge in [0.15, 0.2) is 5.58 Å². The van der Waals surface area contributed by atoms with Crippen LogP contribution in [0.2, 0.25) is 5.02 Å². The number of hydrogen-bond acceptors (Lipinski definition) is 4. The number of hydrogen-bond donors (Lipinski definition) is 3. The van der Waals surface area contributed by atoms with Gasteiger partial charge in [0.25, 0.3) is 0 Å². The van der Waals surface area contributed by atoms with Crippen molar-refractivity contribution in [1.82, 2.24) is 4.98 Å². The lowest BCUT2D eigenvalue weighted by molar-refractivity contribution is -0.114. The number of aromatic hydroxyl groups is 1. The number of halogens is 1.